The van der Waals surface area contributed by atoms with Gasteiger partial charge in [0.25, 0.3) is 0 Å². The standard InChI is InChI=1S/C7H13N3O4/c8-4(3-5(9)11)7(14)10-2-1-6(12)13/h4H,1-3,8H2,(H2,9,11)(H,10,14)(H,12,13). The van der Waals surface area contributed by atoms with Gasteiger partial charge in [0.2, 0.25) is 11.8 Å². The topological polar surface area (TPSA) is 136 Å². The van der Waals surface area contributed by atoms with E-state index >= 15 is 0 Å². The summed E-state index contributed by atoms with van der Waals surface area (Å²) in [5, 5.41) is 10.5. The number of carboxylic acid groups (broad SMARTS) is 1. The molecular formula is C7H13N3O4. The van der Waals surface area contributed by atoms with E-state index in [1.165, 1.54) is 0 Å². The molecule has 0 heterocycles. The van der Waals surface area contributed by atoms with Gasteiger partial charge < -0.3 is 21.9 Å². The van der Waals surface area contributed by atoms with E-state index in [0.717, 1.165) is 0 Å². The van der Waals surface area contributed by atoms with Crippen LogP contribution in [0.25, 0.3) is 0 Å². The zero-order valence-corrected chi connectivity index (χ0v) is 7.53. The number of nitrogens with one attached hydrogen (secondary N) is 1. The monoisotopic (exact) mass is 203 g/mol. The van der Waals surface area contributed by atoms with Crippen molar-refractivity contribution in [2.45, 2.75) is 18.9 Å². The molecule has 0 radical (unpaired) electrons. The molecule has 7 heteroatoms. The summed E-state index contributed by atoms with van der Waals surface area (Å²) >= 11 is 0. The zero-order valence-electron chi connectivity index (χ0n) is 7.53. The average molecular weight is 203 g/mol. The Morgan fingerprint density at radius 3 is 2.36 bits per heavy atom. The van der Waals surface area contributed by atoms with Crippen LogP contribution >= 0.6 is 0 Å². The van der Waals surface area contributed by atoms with Gasteiger partial charge in [0.1, 0.15) is 0 Å². The van der Waals surface area contributed by atoms with Gasteiger partial charge >= 0.3 is 5.97 Å². The molecule has 0 fully saturated rings. The summed E-state index contributed by atoms with van der Waals surface area (Å²) in [7, 11) is 0. The Morgan fingerprint density at radius 1 is 1.36 bits per heavy atom. The van der Waals surface area contributed by atoms with Crippen molar-refractivity contribution in [2.75, 3.05) is 6.54 Å². The van der Waals surface area contributed by atoms with Crippen molar-refractivity contribution in [3.63, 3.8) is 0 Å². The van der Waals surface area contributed by atoms with Gasteiger partial charge in [-0.15, -0.1) is 0 Å². The molecule has 0 saturated carbocycles. The third kappa shape index (κ3) is 5.95. The van der Waals surface area contributed by atoms with Crippen molar-refractivity contribution < 1.29 is 19.5 Å². The molecule has 7 nitrogen and oxygen atoms in total. The van der Waals surface area contributed by atoms with Crippen LogP contribution < -0.4 is 16.8 Å². The number of carbonyl (C=O) groups is 3. The fourth-order valence-corrected chi connectivity index (χ4v) is 0.733. The van der Waals surface area contributed by atoms with Gasteiger partial charge in [0.15, 0.2) is 0 Å². The molecule has 80 valence electrons. The van der Waals surface area contributed by atoms with Gasteiger partial charge in [-0.25, -0.2) is 0 Å². The summed E-state index contributed by atoms with van der Waals surface area (Å²) in [4.78, 5) is 31.5. The van der Waals surface area contributed by atoms with E-state index in [4.69, 9.17) is 16.6 Å². The van der Waals surface area contributed by atoms with Crippen LogP contribution in [0.1, 0.15) is 12.8 Å². The number of carbonyl (C=O) groups excluding carboxylic acids is 2. The molecule has 0 aromatic heterocycles. The Hall–Kier alpha value is -1.63. The lowest BCUT2D eigenvalue weighted by Gasteiger charge is -2.09. The van der Waals surface area contributed by atoms with Crippen molar-refractivity contribution in [1.29, 1.82) is 0 Å². The smallest absolute Gasteiger partial charge is 0.305 e. The Balaban J connectivity index is 3.73. The lowest BCUT2D eigenvalue weighted by Crippen LogP contribution is -2.43. The third-order valence-corrected chi connectivity index (χ3v) is 1.40. The normalized spacial score (nSPS) is 11.8. The van der Waals surface area contributed by atoms with Gasteiger partial charge in [-0.2, -0.15) is 0 Å². The van der Waals surface area contributed by atoms with Crippen LogP contribution in [0.3, 0.4) is 0 Å². The van der Waals surface area contributed by atoms with E-state index in [2.05, 4.69) is 5.32 Å². The predicted molar refractivity (Wildman–Crippen MR) is 47.0 cm³/mol. The maximum Gasteiger partial charge on any atom is 0.305 e. The van der Waals surface area contributed by atoms with Crippen LogP contribution in [0.2, 0.25) is 0 Å². The lowest BCUT2D eigenvalue weighted by molar-refractivity contribution is -0.137. The van der Waals surface area contributed by atoms with Gasteiger partial charge in [-0.3, -0.25) is 14.4 Å². The summed E-state index contributed by atoms with van der Waals surface area (Å²) in [6, 6.07) is -1.01. The Labute approximate surface area is 80.4 Å². The molecule has 1 unspecified atom stereocenters. The number of rotatable bonds is 6. The highest BCUT2D eigenvalue weighted by atomic mass is 16.4. The van der Waals surface area contributed by atoms with E-state index in [1.54, 1.807) is 0 Å². The molecule has 0 rings (SSSR count). The van der Waals surface area contributed by atoms with Crippen molar-refractivity contribution in [2.24, 2.45) is 11.5 Å². The Bertz CT molecular complexity index is 241. The zero-order chi connectivity index (χ0) is 11.1. The van der Waals surface area contributed by atoms with E-state index in [0.29, 0.717) is 0 Å². The first-order chi connectivity index (χ1) is 6.43. The highest BCUT2D eigenvalue weighted by molar-refractivity contribution is 5.87. The second-order valence-electron chi connectivity index (χ2n) is 2.71. The summed E-state index contributed by atoms with van der Waals surface area (Å²) in [6.45, 7) is -0.0133. The second-order valence-corrected chi connectivity index (χ2v) is 2.71. The summed E-state index contributed by atoms with van der Waals surface area (Å²) in [5.41, 5.74) is 10.1. The molecule has 0 bridgehead atoms. The summed E-state index contributed by atoms with van der Waals surface area (Å²) in [5.74, 6) is -2.27. The average Bonchev–Trinajstić information content (AvgIpc) is 2.01. The minimum atomic E-state index is -1.02. The number of nitrogens with two attached hydrogens (primary N) is 2. The number of amides is 2. The molecule has 0 spiro atoms. The molecule has 1 atom stereocenters. The van der Waals surface area contributed by atoms with Crippen LogP contribution in [0, 0.1) is 0 Å². The first-order valence-corrected chi connectivity index (χ1v) is 3.97. The Kier molecular flexibility index (Phi) is 5.23. The van der Waals surface area contributed by atoms with Gasteiger partial charge in [-0.1, -0.05) is 0 Å². The van der Waals surface area contributed by atoms with Crippen molar-refractivity contribution in [1.82, 2.24) is 5.32 Å². The molecule has 0 aliphatic carbocycles. The second kappa shape index (κ2) is 5.92. The predicted octanol–water partition coefficient (Wildman–Crippen LogP) is -2.22. The van der Waals surface area contributed by atoms with E-state index < -0.39 is 23.8 Å². The lowest BCUT2D eigenvalue weighted by atomic mass is 10.2. The van der Waals surface area contributed by atoms with Crippen molar-refractivity contribution in [3.05, 3.63) is 0 Å². The molecular weight excluding hydrogens is 190 g/mol. The highest BCUT2D eigenvalue weighted by Crippen LogP contribution is 1.87. The number of primary amides is 1. The Morgan fingerprint density at radius 2 is 1.93 bits per heavy atom. The van der Waals surface area contributed by atoms with E-state index in [9.17, 15) is 14.4 Å². The minimum absolute atomic E-state index is 0.0133. The fourth-order valence-electron chi connectivity index (χ4n) is 0.733. The number of hydrogen-bond acceptors (Lipinski definition) is 4. The van der Waals surface area contributed by atoms with Crippen molar-refractivity contribution in [3.8, 4) is 0 Å². The number of hydrogen-bond donors (Lipinski definition) is 4. The van der Waals surface area contributed by atoms with Crippen molar-refractivity contribution >= 4 is 17.8 Å². The summed E-state index contributed by atoms with van der Waals surface area (Å²) < 4.78 is 0. The molecule has 14 heavy (non-hydrogen) atoms. The fraction of sp³-hybridized carbons (Fsp3) is 0.571. The van der Waals surface area contributed by atoms with E-state index in [-0.39, 0.29) is 19.4 Å². The molecule has 0 aliphatic rings. The number of carboxylic acids is 1. The minimum Gasteiger partial charge on any atom is -0.481 e. The SMILES string of the molecule is NC(=O)CC(N)C(=O)NCCC(=O)O. The molecule has 0 aromatic rings. The van der Waals surface area contributed by atoms with Gasteiger partial charge in [0.05, 0.1) is 18.9 Å². The largest absolute Gasteiger partial charge is 0.481 e. The van der Waals surface area contributed by atoms with Crippen LogP contribution in [0.4, 0.5) is 0 Å². The van der Waals surface area contributed by atoms with Crippen LogP contribution in [-0.2, 0) is 14.4 Å². The third-order valence-electron chi connectivity index (χ3n) is 1.40. The van der Waals surface area contributed by atoms with Gasteiger partial charge in [-0.05, 0) is 0 Å². The maximum atomic E-state index is 11.0. The molecule has 6 N–H and O–H groups in total. The molecule has 0 aromatic carbocycles. The van der Waals surface area contributed by atoms with Gasteiger partial charge in [0, 0.05) is 6.54 Å². The van der Waals surface area contributed by atoms with Crippen LogP contribution in [-0.4, -0.2) is 35.5 Å². The first-order valence-electron chi connectivity index (χ1n) is 3.97. The molecule has 0 aliphatic heterocycles. The summed E-state index contributed by atoms with van der Waals surface area (Å²) in [6.07, 6.45) is -0.437. The first kappa shape index (κ1) is 12.4. The maximum absolute atomic E-state index is 11.0. The quantitative estimate of drug-likeness (QED) is 0.387. The van der Waals surface area contributed by atoms with E-state index in [1.807, 2.05) is 0 Å². The number of aliphatic carboxylic acids is 1. The molecule has 2 amide bonds. The van der Waals surface area contributed by atoms with Crippen LogP contribution in [0.5, 0.6) is 0 Å². The highest BCUT2D eigenvalue weighted by Gasteiger charge is 2.15. The van der Waals surface area contributed by atoms with Crippen LogP contribution in [0.15, 0.2) is 0 Å². The molecule has 0 saturated heterocycles.